The summed E-state index contributed by atoms with van der Waals surface area (Å²) in [4.78, 5) is 12.6. The van der Waals surface area contributed by atoms with Crippen molar-refractivity contribution >= 4 is 21.8 Å². The molecule has 2 N–H and O–H groups in total. The van der Waals surface area contributed by atoms with Gasteiger partial charge in [0.15, 0.2) is 11.5 Å². The van der Waals surface area contributed by atoms with Gasteiger partial charge in [-0.05, 0) is 59.9 Å². The molecule has 1 aliphatic heterocycles. The van der Waals surface area contributed by atoms with Crippen LogP contribution in [-0.4, -0.2) is 38.8 Å². The fourth-order valence-electron chi connectivity index (χ4n) is 2.68. The van der Waals surface area contributed by atoms with Gasteiger partial charge in [-0.1, -0.05) is 13.8 Å². The summed E-state index contributed by atoms with van der Waals surface area (Å²) >= 11 is 3.48. The number of rotatable bonds is 6. The van der Waals surface area contributed by atoms with E-state index < -0.39 is 0 Å². The first-order chi connectivity index (χ1) is 11.1. The number of amides is 1. The molecule has 0 saturated carbocycles. The molecule has 0 spiro atoms. The van der Waals surface area contributed by atoms with E-state index in [0.717, 1.165) is 30.4 Å². The summed E-state index contributed by atoms with van der Waals surface area (Å²) in [5.74, 6) is 1.55. The van der Waals surface area contributed by atoms with E-state index in [-0.39, 0.29) is 11.9 Å². The van der Waals surface area contributed by atoms with Crippen LogP contribution in [0.15, 0.2) is 16.6 Å². The van der Waals surface area contributed by atoms with Gasteiger partial charge in [0, 0.05) is 11.6 Å². The number of halogens is 1. The lowest BCUT2D eigenvalue weighted by Crippen LogP contribution is -2.48. The van der Waals surface area contributed by atoms with Crippen molar-refractivity contribution in [3.05, 3.63) is 22.2 Å². The first-order valence-corrected chi connectivity index (χ1v) is 8.88. The lowest BCUT2D eigenvalue weighted by atomic mass is 9.95. The number of methoxy groups -OCH3 is 1. The molecular formula is C17H25BrN2O3. The SMILES string of the molecule is CCCOc1c(Br)cc(C(=O)NC2CCNCC2C)cc1OC. The number of nitrogens with one attached hydrogen (secondary N) is 2. The third-order valence-corrected chi connectivity index (χ3v) is 4.63. The first kappa shape index (κ1) is 18.1. The van der Waals surface area contributed by atoms with Gasteiger partial charge in [-0.15, -0.1) is 0 Å². The van der Waals surface area contributed by atoms with Crippen LogP contribution in [0.1, 0.15) is 37.0 Å². The van der Waals surface area contributed by atoms with Crippen LogP contribution in [0.2, 0.25) is 0 Å². The Morgan fingerprint density at radius 3 is 2.91 bits per heavy atom. The van der Waals surface area contributed by atoms with Gasteiger partial charge < -0.3 is 20.1 Å². The van der Waals surface area contributed by atoms with Gasteiger partial charge in [-0.25, -0.2) is 0 Å². The fourth-order valence-corrected chi connectivity index (χ4v) is 3.23. The number of carbonyl (C=O) groups is 1. The van der Waals surface area contributed by atoms with E-state index in [4.69, 9.17) is 9.47 Å². The summed E-state index contributed by atoms with van der Waals surface area (Å²) in [6.45, 7) is 6.67. The largest absolute Gasteiger partial charge is 0.493 e. The minimum atomic E-state index is -0.0789. The molecule has 1 heterocycles. The Balaban J connectivity index is 2.15. The first-order valence-electron chi connectivity index (χ1n) is 8.08. The highest BCUT2D eigenvalue weighted by Crippen LogP contribution is 2.36. The monoisotopic (exact) mass is 384 g/mol. The molecule has 0 aromatic heterocycles. The molecule has 128 valence electrons. The number of ether oxygens (including phenoxy) is 2. The van der Waals surface area contributed by atoms with E-state index in [1.54, 1.807) is 19.2 Å². The summed E-state index contributed by atoms with van der Waals surface area (Å²) in [5.41, 5.74) is 0.573. The average Bonchev–Trinajstić information content (AvgIpc) is 2.55. The standard InChI is InChI=1S/C17H25BrN2O3/c1-4-7-23-16-13(18)8-12(9-15(16)22-3)17(21)20-14-5-6-19-10-11(14)2/h8-9,11,14,19H,4-7,10H2,1-3H3,(H,20,21). The minimum absolute atomic E-state index is 0.0789. The van der Waals surface area contributed by atoms with Crippen molar-refractivity contribution in [2.75, 3.05) is 26.8 Å². The predicted molar refractivity (Wildman–Crippen MR) is 94.4 cm³/mol. The van der Waals surface area contributed by atoms with Crippen LogP contribution in [0.4, 0.5) is 0 Å². The molecule has 2 rings (SSSR count). The molecule has 1 amide bonds. The van der Waals surface area contributed by atoms with Crippen LogP contribution in [0.3, 0.4) is 0 Å². The highest BCUT2D eigenvalue weighted by Gasteiger charge is 2.24. The molecule has 1 aromatic carbocycles. The fraction of sp³-hybridized carbons (Fsp3) is 0.588. The van der Waals surface area contributed by atoms with E-state index >= 15 is 0 Å². The second-order valence-electron chi connectivity index (χ2n) is 5.89. The Morgan fingerprint density at radius 2 is 2.26 bits per heavy atom. The van der Waals surface area contributed by atoms with E-state index in [1.165, 1.54) is 0 Å². The zero-order valence-electron chi connectivity index (χ0n) is 13.9. The molecular weight excluding hydrogens is 360 g/mol. The van der Waals surface area contributed by atoms with Crippen molar-refractivity contribution in [3.8, 4) is 11.5 Å². The smallest absolute Gasteiger partial charge is 0.251 e. The highest BCUT2D eigenvalue weighted by molar-refractivity contribution is 9.10. The molecule has 0 bridgehead atoms. The van der Waals surface area contributed by atoms with Gasteiger partial charge in [0.1, 0.15) is 0 Å². The quantitative estimate of drug-likeness (QED) is 0.791. The van der Waals surface area contributed by atoms with Crippen LogP contribution < -0.4 is 20.1 Å². The molecule has 0 radical (unpaired) electrons. The lowest BCUT2D eigenvalue weighted by molar-refractivity contribution is 0.0913. The maximum Gasteiger partial charge on any atom is 0.251 e. The molecule has 1 aromatic rings. The Hall–Kier alpha value is -1.27. The number of carbonyl (C=O) groups excluding carboxylic acids is 1. The van der Waals surface area contributed by atoms with Gasteiger partial charge in [0.05, 0.1) is 18.2 Å². The van der Waals surface area contributed by atoms with E-state index in [2.05, 4.69) is 33.5 Å². The van der Waals surface area contributed by atoms with Crippen LogP contribution in [0, 0.1) is 5.92 Å². The lowest BCUT2D eigenvalue weighted by Gasteiger charge is -2.30. The summed E-state index contributed by atoms with van der Waals surface area (Å²) in [7, 11) is 1.58. The van der Waals surface area contributed by atoms with Gasteiger partial charge in [0.25, 0.3) is 5.91 Å². The number of piperidine rings is 1. The van der Waals surface area contributed by atoms with E-state index in [1.807, 2.05) is 6.92 Å². The maximum absolute atomic E-state index is 12.6. The van der Waals surface area contributed by atoms with Crippen molar-refractivity contribution in [2.45, 2.75) is 32.7 Å². The summed E-state index contributed by atoms with van der Waals surface area (Å²) in [6.07, 6.45) is 1.86. The van der Waals surface area contributed by atoms with Crippen molar-refractivity contribution < 1.29 is 14.3 Å². The van der Waals surface area contributed by atoms with Crippen molar-refractivity contribution in [2.24, 2.45) is 5.92 Å². The van der Waals surface area contributed by atoms with Crippen LogP contribution >= 0.6 is 15.9 Å². The van der Waals surface area contributed by atoms with Crippen molar-refractivity contribution in [1.29, 1.82) is 0 Å². The van der Waals surface area contributed by atoms with Crippen LogP contribution in [0.5, 0.6) is 11.5 Å². The summed E-state index contributed by atoms with van der Waals surface area (Å²) in [6, 6.07) is 3.72. The van der Waals surface area contributed by atoms with Gasteiger partial charge >= 0.3 is 0 Å². The Morgan fingerprint density at radius 1 is 1.48 bits per heavy atom. The maximum atomic E-state index is 12.6. The van der Waals surface area contributed by atoms with Crippen LogP contribution in [-0.2, 0) is 0 Å². The number of hydrogen-bond donors (Lipinski definition) is 2. The Bertz CT molecular complexity index is 551. The Labute approximate surface area is 146 Å². The normalized spacial score (nSPS) is 20.9. The Kier molecular flexibility index (Phi) is 6.72. The van der Waals surface area contributed by atoms with Gasteiger partial charge in [-0.2, -0.15) is 0 Å². The molecule has 2 atom stereocenters. The molecule has 23 heavy (non-hydrogen) atoms. The second kappa shape index (κ2) is 8.55. The van der Waals surface area contributed by atoms with Crippen LogP contribution in [0.25, 0.3) is 0 Å². The molecule has 1 fully saturated rings. The van der Waals surface area contributed by atoms with Gasteiger partial charge in [-0.3, -0.25) is 4.79 Å². The third kappa shape index (κ3) is 4.61. The summed E-state index contributed by atoms with van der Waals surface area (Å²) < 4.78 is 11.8. The topological polar surface area (TPSA) is 59.6 Å². The molecule has 1 saturated heterocycles. The molecule has 1 aliphatic rings. The summed E-state index contributed by atoms with van der Waals surface area (Å²) in [5, 5.41) is 6.47. The predicted octanol–water partition coefficient (Wildman–Crippen LogP) is 2.97. The molecule has 2 unspecified atom stereocenters. The number of hydrogen-bond acceptors (Lipinski definition) is 4. The van der Waals surface area contributed by atoms with Gasteiger partial charge in [0.2, 0.25) is 0 Å². The zero-order valence-corrected chi connectivity index (χ0v) is 15.5. The minimum Gasteiger partial charge on any atom is -0.493 e. The number of benzene rings is 1. The highest BCUT2D eigenvalue weighted by atomic mass is 79.9. The van der Waals surface area contributed by atoms with Crippen molar-refractivity contribution in [3.63, 3.8) is 0 Å². The second-order valence-corrected chi connectivity index (χ2v) is 6.74. The molecule has 0 aliphatic carbocycles. The third-order valence-electron chi connectivity index (χ3n) is 4.04. The van der Waals surface area contributed by atoms with Crippen molar-refractivity contribution in [1.82, 2.24) is 10.6 Å². The molecule has 5 nitrogen and oxygen atoms in total. The van der Waals surface area contributed by atoms with E-state index in [9.17, 15) is 4.79 Å². The van der Waals surface area contributed by atoms with E-state index in [0.29, 0.717) is 29.6 Å². The average molecular weight is 385 g/mol. The zero-order chi connectivity index (χ0) is 16.8. The molecule has 6 heteroatoms.